The van der Waals surface area contributed by atoms with E-state index in [9.17, 15) is 14.7 Å². The second-order valence-corrected chi connectivity index (χ2v) is 11.1. The Bertz CT molecular complexity index is 1490. The summed E-state index contributed by atoms with van der Waals surface area (Å²) in [6, 6.07) is 11.4. The van der Waals surface area contributed by atoms with E-state index in [0.717, 1.165) is 60.2 Å². The number of imidazole rings is 1. The van der Waals surface area contributed by atoms with Crippen LogP contribution in [-0.2, 0) is 17.8 Å². The average Bonchev–Trinajstić information content (AvgIpc) is 3.61. The molecule has 1 aliphatic carbocycles. The van der Waals surface area contributed by atoms with Gasteiger partial charge in [-0.25, -0.2) is 4.79 Å². The van der Waals surface area contributed by atoms with Crippen LogP contribution in [0.2, 0.25) is 0 Å². The minimum atomic E-state index is -0.816. The van der Waals surface area contributed by atoms with Crippen molar-refractivity contribution in [1.82, 2.24) is 34.7 Å². The summed E-state index contributed by atoms with van der Waals surface area (Å²) >= 11 is 0. The van der Waals surface area contributed by atoms with E-state index in [4.69, 9.17) is 4.98 Å². The lowest BCUT2D eigenvalue weighted by molar-refractivity contribution is -0.146. The van der Waals surface area contributed by atoms with Crippen molar-refractivity contribution in [3.8, 4) is 22.5 Å². The van der Waals surface area contributed by atoms with E-state index in [1.165, 1.54) is 0 Å². The van der Waals surface area contributed by atoms with Crippen LogP contribution in [0.1, 0.15) is 70.3 Å². The van der Waals surface area contributed by atoms with Gasteiger partial charge in [-0.1, -0.05) is 63.9 Å². The molecule has 3 unspecified atom stereocenters. The Labute approximate surface area is 233 Å². The number of hydrogen-bond donors (Lipinski definition) is 2. The summed E-state index contributed by atoms with van der Waals surface area (Å²) in [7, 11) is 0. The van der Waals surface area contributed by atoms with Gasteiger partial charge in [-0.3, -0.25) is 18.9 Å². The molecule has 1 aliphatic rings. The fourth-order valence-electron chi connectivity index (χ4n) is 6.14. The smallest absolute Gasteiger partial charge is 0.328 e. The molecule has 40 heavy (non-hydrogen) atoms. The summed E-state index contributed by atoms with van der Waals surface area (Å²) in [6.45, 7) is 6.71. The van der Waals surface area contributed by atoms with Gasteiger partial charge in [0.05, 0.1) is 24.2 Å². The molecule has 5 rings (SSSR count). The second-order valence-electron chi connectivity index (χ2n) is 11.1. The van der Waals surface area contributed by atoms with Crippen LogP contribution < -0.4 is 5.69 Å². The number of unbranched alkanes of at least 4 members (excludes halogenated alkanes) is 1. The average molecular weight is 544 g/mol. The minimum Gasteiger partial charge on any atom is -0.481 e. The molecule has 3 atom stereocenters. The maximum atomic E-state index is 13.9. The predicted octanol–water partition coefficient (Wildman–Crippen LogP) is 4.98. The monoisotopic (exact) mass is 543 g/mol. The summed E-state index contributed by atoms with van der Waals surface area (Å²) in [6.07, 6.45) is 8.84. The van der Waals surface area contributed by atoms with E-state index in [-0.39, 0.29) is 23.6 Å². The first kappa shape index (κ1) is 27.5. The highest BCUT2D eigenvalue weighted by Crippen LogP contribution is 2.42. The normalized spacial score (nSPS) is 19.2. The second kappa shape index (κ2) is 12.0. The van der Waals surface area contributed by atoms with Crippen LogP contribution in [0.3, 0.4) is 0 Å². The van der Waals surface area contributed by atoms with Crippen molar-refractivity contribution in [2.75, 3.05) is 0 Å². The molecule has 2 N–H and O–H groups in total. The molecule has 10 heteroatoms. The number of carboxylic acids is 1. The van der Waals surface area contributed by atoms with Crippen molar-refractivity contribution in [1.29, 1.82) is 0 Å². The van der Waals surface area contributed by atoms with Crippen LogP contribution >= 0.6 is 0 Å². The predicted molar refractivity (Wildman–Crippen MR) is 152 cm³/mol. The molecule has 0 aliphatic heterocycles. The maximum absolute atomic E-state index is 13.9. The molecule has 1 aromatic carbocycles. The number of pyridine rings is 1. The zero-order valence-electron chi connectivity index (χ0n) is 23.3. The van der Waals surface area contributed by atoms with Gasteiger partial charge in [-0.05, 0) is 54.4 Å². The molecule has 3 heterocycles. The van der Waals surface area contributed by atoms with E-state index < -0.39 is 11.9 Å². The SMILES string of the molecule is CCCCc1cn(C2C(C(=O)O)CCCC2C(C)C)c(=O)n1Cc1ccc(-c2ccccc2-c2nn[nH]n2)cn1. The third-order valence-electron chi connectivity index (χ3n) is 8.24. The zero-order chi connectivity index (χ0) is 28.2. The van der Waals surface area contributed by atoms with Gasteiger partial charge in [0, 0.05) is 29.2 Å². The quantitative estimate of drug-likeness (QED) is 0.288. The Morgan fingerprint density at radius 1 is 1.15 bits per heavy atom. The van der Waals surface area contributed by atoms with Gasteiger partial charge in [0.15, 0.2) is 0 Å². The van der Waals surface area contributed by atoms with Crippen LogP contribution in [0.4, 0.5) is 0 Å². The van der Waals surface area contributed by atoms with Gasteiger partial charge in [-0.15, -0.1) is 10.2 Å². The number of benzene rings is 1. The van der Waals surface area contributed by atoms with Crippen molar-refractivity contribution >= 4 is 5.97 Å². The molecule has 4 aromatic rings. The van der Waals surface area contributed by atoms with Gasteiger partial charge in [0.2, 0.25) is 5.82 Å². The number of aryl methyl sites for hydroxylation is 1. The van der Waals surface area contributed by atoms with E-state index in [0.29, 0.717) is 18.8 Å². The zero-order valence-corrected chi connectivity index (χ0v) is 23.3. The summed E-state index contributed by atoms with van der Waals surface area (Å²) in [5.41, 5.74) is 4.23. The number of H-pyrrole nitrogens is 1. The van der Waals surface area contributed by atoms with Crippen LogP contribution in [0.15, 0.2) is 53.6 Å². The number of tetrazole rings is 1. The number of rotatable bonds is 10. The van der Waals surface area contributed by atoms with E-state index in [1.807, 2.05) is 42.6 Å². The van der Waals surface area contributed by atoms with Gasteiger partial charge >= 0.3 is 11.7 Å². The van der Waals surface area contributed by atoms with Gasteiger partial charge in [-0.2, -0.15) is 5.21 Å². The van der Waals surface area contributed by atoms with Crippen molar-refractivity contribution in [3.05, 3.63) is 70.7 Å². The first-order chi connectivity index (χ1) is 19.4. The highest BCUT2D eigenvalue weighted by molar-refractivity contribution is 5.79. The Morgan fingerprint density at radius 3 is 2.60 bits per heavy atom. The van der Waals surface area contributed by atoms with Crippen molar-refractivity contribution in [2.45, 2.75) is 71.9 Å². The Kier molecular flexibility index (Phi) is 8.23. The van der Waals surface area contributed by atoms with Crippen molar-refractivity contribution in [3.63, 3.8) is 0 Å². The third kappa shape index (κ3) is 5.48. The third-order valence-corrected chi connectivity index (χ3v) is 8.24. The largest absolute Gasteiger partial charge is 0.481 e. The fourth-order valence-corrected chi connectivity index (χ4v) is 6.14. The molecule has 10 nitrogen and oxygen atoms in total. The fraction of sp³-hybridized carbons (Fsp3) is 0.467. The molecule has 0 radical (unpaired) electrons. The molecule has 0 spiro atoms. The summed E-state index contributed by atoms with van der Waals surface area (Å²) < 4.78 is 3.53. The number of aromatic amines is 1. The van der Waals surface area contributed by atoms with E-state index in [1.54, 1.807) is 15.3 Å². The van der Waals surface area contributed by atoms with Crippen LogP contribution in [0.25, 0.3) is 22.5 Å². The van der Waals surface area contributed by atoms with Gasteiger partial charge < -0.3 is 5.11 Å². The highest BCUT2D eigenvalue weighted by atomic mass is 16.4. The summed E-state index contributed by atoms with van der Waals surface area (Å²) in [5, 5.41) is 24.5. The number of nitrogens with one attached hydrogen (secondary N) is 1. The molecule has 0 amide bonds. The Morgan fingerprint density at radius 2 is 1.95 bits per heavy atom. The number of carboxylic acid groups (broad SMARTS) is 1. The number of hydrogen-bond acceptors (Lipinski definition) is 6. The lowest BCUT2D eigenvalue weighted by Crippen LogP contribution is -2.42. The van der Waals surface area contributed by atoms with Crippen LogP contribution in [-0.4, -0.2) is 45.8 Å². The number of aliphatic carboxylic acids is 1. The number of nitrogens with zero attached hydrogens (tertiary/aromatic N) is 6. The topological polar surface area (TPSA) is 132 Å². The van der Waals surface area contributed by atoms with Crippen molar-refractivity contribution in [2.24, 2.45) is 17.8 Å². The molecule has 0 saturated heterocycles. The summed E-state index contributed by atoms with van der Waals surface area (Å²) in [4.78, 5) is 30.9. The Balaban J connectivity index is 1.48. The number of aromatic nitrogens is 7. The number of carbonyl (C=O) groups is 1. The standard InChI is InChI=1S/C30H37N7O3/c1-4-5-9-22-18-37(27-23(19(2)3)12-8-13-26(27)29(38)39)30(40)36(22)17-21-15-14-20(16-31-21)24-10-6-7-11-25(24)28-32-34-35-33-28/h6-7,10-11,14-16,18-19,23,26-27H,4-5,8-9,12-13,17H2,1-3H3,(H,38,39)(H,32,33,34,35). The van der Waals surface area contributed by atoms with Crippen LogP contribution in [0, 0.1) is 17.8 Å². The van der Waals surface area contributed by atoms with E-state index >= 15 is 0 Å². The van der Waals surface area contributed by atoms with Gasteiger partial charge in [0.25, 0.3) is 0 Å². The molecule has 0 bridgehead atoms. The lowest BCUT2D eigenvalue weighted by atomic mass is 9.72. The molecule has 210 valence electrons. The molecule has 1 fully saturated rings. The minimum absolute atomic E-state index is 0.138. The van der Waals surface area contributed by atoms with Crippen molar-refractivity contribution < 1.29 is 9.90 Å². The van der Waals surface area contributed by atoms with E-state index in [2.05, 4.69) is 41.4 Å². The first-order valence-electron chi connectivity index (χ1n) is 14.2. The van der Waals surface area contributed by atoms with Crippen LogP contribution in [0.5, 0.6) is 0 Å². The molecule has 1 saturated carbocycles. The summed E-state index contributed by atoms with van der Waals surface area (Å²) in [5.74, 6) is -0.450. The maximum Gasteiger partial charge on any atom is 0.328 e. The molecular formula is C30H37N7O3. The molecular weight excluding hydrogens is 506 g/mol. The van der Waals surface area contributed by atoms with Gasteiger partial charge in [0.1, 0.15) is 0 Å². The lowest BCUT2D eigenvalue weighted by Gasteiger charge is -2.38. The highest BCUT2D eigenvalue weighted by Gasteiger charge is 2.41. The first-order valence-corrected chi connectivity index (χ1v) is 14.2. The molecule has 3 aromatic heterocycles. The Hall–Kier alpha value is -4.08.